The van der Waals surface area contributed by atoms with Gasteiger partial charge in [-0.05, 0) is 18.1 Å². The maximum absolute atomic E-state index is 11.6. The van der Waals surface area contributed by atoms with Crippen molar-refractivity contribution in [3.05, 3.63) is 30.3 Å². The summed E-state index contributed by atoms with van der Waals surface area (Å²) in [4.78, 5) is 13.7. The van der Waals surface area contributed by atoms with Gasteiger partial charge in [0.1, 0.15) is 0 Å². The number of nitrogens with two attached hydrogens (primary N) is 1. The molecule has 0 aliphatic carbocycles. The van der Waals surface area contributed by atoms with E-state index in [9.17, 15) is 4.79 Å². The molecule has 0 fully saturated rings. The summed E-state index contributed by atoms with van der Waals surface area (Å²) in [5, 5.41) is 2.86. The first-order valence-corrected chi connectivity index (χ1v) is 6.32. The average Bonchev–Trinajstić information content (AvgIpc) is 2.38. The molecule has 1 rings (SSSR count). The van der Waals surface area contributed by atoms with Crippen LogP contribution in [0, 0.1) is 5.92 Å². The first-order chi connectivity index (χ1) is 8.52. The fourth-order valence-electron chi connectivity index (χ4n) is 1.58. The molecule has 0 aliphatic rings. The summed E-state index contributed by atoms with van der Waals surface area (Å²) in [7, 11) is 2.00. The van der Waals surface area contributed by atoms with Gasteiger partial charge in [0.05, 0.1) is 6.04 Å². The lowest BCUT2D eigenvalue weighted by Crippen LogP contribution is -2.45. The highest BCUT2D eigenvalue weighted by Gasteiger charge is 2.16. The second-order valence-electron chi connectivity index (χ2n) is 4.82. The molecule has 0 aromatic heterocycles. The van der Waals surface area contributed by atoms with E-state index in [2.05, 4.69) is 10.2 Å². The number of likely N-dealkylation sites (N-methyl/N-ethyl adjacent to an activating group) is 1. The number of nitrogens with zero attached hydrogens (tertiary/aromatic N) is 1. The highest BCUT2D eigenvalue weighted by atomic mass is 16.2. The van der Waals surface area contributed by atoms with E-state index in [-0.39, 0.29) is 11.8 Å². The van der Waals surface area contributed by atoms with Gasteiger partial charge in [-0.3, -0.25) is 4.79 Å². The molecular weight excluding hydrogens is 226 g/mol. The molecule has 1 atom stereocenters. The van der Waals surface area contributed by atoms with Gasteiger partial charge in [-0.25, -0.2) is 0 Å². The van der Waals surface area contributed by atoms with Crippen molar-refractivity contribution in [2.45, 2.75) is 19.9 Å². The van der Waals surface area contributed by atoms with E-state index in [1.807, 2.05) is 51.2 Å². The fourth-order valence-corrected chi connectivity index (χ4v) is 1.58. The van der Waals surface area contributed by atoms with Crippen molar-refractivity contribution in [1.29, 1.82) is 0 Å². The first kappa shape index (κ1) is 14.5. The Morgan fingerprint density at radius 3 is 2.50 bits per heavy atom. The number of carbonyl (C=O) groups excluding carboxylic acids is 1. The lowest BCUT2D eigenvalue weighted by atomic mass is 10.1. The van der Waals surface area contributed by atoms with Gasteiger partial charge in [0, 0.05) is 25.8 Å². The van der Waals surface area contributed by atoms with E-state index in [0.29, 0.717) is 6.54 Å². The Hall–Kier alpha value is -1.55. The monoisotopic (exact) mass is 249 g/mol. The molecular formula is C14H23N3O. The Labute approximate surface area is 109 Å². The molecule has 1 aromatic carbocycles. The molecule has 0 radical (unpaired) electrons. The average molecular weight is 249 g/mol. The van der Waals surface area contributed by atoms with Crippen molar-refractivity contribution >= 4 is 11.6 Å². The number of hydrogen-bond donors (Lipinski definition) is 2. The van der Waals surface area contributed by atoms with Crippen molar-refractivity contribution in [3.8, 4) is 0 Å². The zero-order chi connectivity index (χ0) is 13.5. The molecule has 0 heterocycles. The van der Waals surface area contributed by atoms with E-state index in [0.717, 1.165) is 12.2 Å². The number of anilines is 1. The number of para-hydroxylation sites is 1. The number of rotatable bonds is 6. The second kappa shape index (κ2) is 7.01. The van der Waals surface area contributed by atoms with Gasteiger partial charge in [-0.2, -0.15) is 0 Å². The number of carbonyl (C=O) groups is 1. The fraction of sp³-hybridized carbons (Fsp3) is 0.500. The Morgan fingerprint density at radius 1 is 1.33 bits per heavy atom. The van der Waals surface area contributed by atoms with Crippen molar-refractivity contribution in [2.75, 3.05) is 25.0 Å². The second-order valence-corrected chi connectivity index (χ2v) is 4.82. The SMILES string of the molecule is CC(C)[C@@H](N)C(=O)NCCN(C)c1ccccc1. The highest BCUT2D eigenvalue weighted by Crippen LogP contribution is 2.09. The van der Waals surface area contributed by atoms with Crippen LogP contribution in [0.3, 0.4) is 0 Å². The maximum atomic E-state index is 11.6. The summed E-state index contributed by atoms with van der Waals surface area (Å²) < 4.78 is 0. The van der Waals surface area contributed by atoms with Crippen LogP contribution in [-0.4, -0.2) is 32.1 Å². The minimum atomic E-state index is -0.424. The Bertz CT molecular complexity index is 365. The molecule has 4 heteroatoms. The Kier molecular flexibility index (Phi) is 5.65. The molecule has 1 amide bonds. The zero-order valence-corrected chi connectivity index (χ0v) is 11.4. The van der Waals surface area contributed by atoms with Crippen molar-refractivity contribution in [3.63, 3.8) is 0 Å². The number of hydrogen-bond acceptors (Lipinski definition) is 3. The summed E-state index contributed by atoms with van der Waals surface area (Å²) in [6.45, 7) is 5.26. The van der Waals surface area contributed by atoms with Gasteiger partial charge in [0.25, 0.3) is 0 Å². The molecule has 0 bridgehead atoms. The predicted octanol–water partition coefficient (Wildman–Crippen LogP) is 1.22. The third-order valence-electron chi connectivity index (χ3n) is 2.96. The first-order valence-electron chi connectivity index (χ1n) is 6.32. The summed E-state index contributed by atoms with van der Waals surface area (Å²) in [5.41, 5.74) is 6.90. The van der Waals surface area contributed by atoms with Crippen LogP contribution < -0.4 is 16.0 Å². The van der Waals surface area contributed by atoms with Gasteiger partial charge in [0.2, 0.25) is 5.91 Å². The quantitative estimate of drug-likeness (QED) is 0.797. The van der Waals surface area contributed by atoms with E-state index in [4.69, 9.17) is 5.73 Å². The topological polar surface area (TPSA) is 58.4 Å². The van der Waals surface area contributed by atoms with Crippen molar-refractivity contribution in [1.82, 2.24) is 5.32 Å². The van der Waals surface area contributed by atoms with E-state index >= 15 is 0 Å². The third kappa shape index (κ3) is 4.37. The zero-order valence-electron chi connectivity index (χ0n) is 11.4. The highest BCUT2D eigenvalue weighted by molar-refractivity contribution is 5.81. The third-order valence-corrected chi connectivity index (χ3v) is 2.96. The summed E-state index contributed by atoms with van der Waals surface area (Å²) >= 11 is 0. The van der Waals surface area contributed by atoms with Crippen LogP contribution in [-0.2, 0) is 4.79 Å². The van der Waals surface area contributed by atoms with E-state index < -0.39 is 6.04 Å². The lowest BCUT2D eigenvalue weighted by molar-refractivity contribution is -0.123. The Balaban J connectivity index is 2.32. The van der Waals surface area contributed by atoms with Gasteiger partial charge in [-0.1, -0.05) is 32.0 Å². The number of nitrogens with one attached hydrogen (secondary N) is 1. The number of amides is 1. The van der Waals surface area contributed by atoms with Crippen LogP contribution in [0.25, 0.3) is 0 Å². The van der Waals surface area contributed by atoms with E-state index in [1.54, 1.807) is 0 Å². The predicted molar refractivity (Wildman–Crippen MR) is 75.5 cm³/mol. The Morgan fingerprint density at radius 2 is 1.94 bits per heavy atom. The molecule has 0 saturated carbocycles. The largest absolute Gasteiger partial charge is 0.373 e. The molecule has 0 spiro atoms. The molecule has 0 saturated heterocycles. The molecule has 0 unspecified atom stereocenters. The van der Waals surface area contributed by atoms with Gasteiger partial charge >= 0.3 is 0 Å². The van der Waals surface area contributed by atoms with Gasteiger partial charge < -0.3 is 16.0 Å². The summed E-state index contributed by atoms with van der Waals surface area (Å²) in [5.74, 6) is 0.0864. The van der Waals surface area contributed by atoms with Crippen LogP contribution in [0.5, 0.6) is 0 Å². The standard InChI is InChI=1S/C14H23N3O/c1-11(2)13(15)14(18)16-9-10-17(3)12-7-5-4-6-8-12/h4-8,11,13H,9-10,15H2,1-3H3,(H,16,18)/t13-/m1/s1. The summed E-state index contributed by atoms with van der Waals surface area (Å²) in [6, 6.07) is 9.65. The van der Waals surface area contributed by atoms with E-state index in [1.165, 1.54) is 0 Å². The van der Waals surface area contributed by atoms with Crippen molar-refractivity contribution in [2.24, 2.45) is 11.7 Å². The molecule has 4 nitrogen and oxygen atoms in total. The molecule has 1 aromatic rings. The maximum Gasteiger partial charge on any atom is 0.237 e. The molecule has 0 aliphatic heterocycles. The van der Waals surface area contributed by atoms with Crippen LogP contribution in [0.1, 0.15) is 13.8 Å². The van der Waals surface area contributed by atoms with Gasteiger partial charge in [0.15, 0.2) is 0 Å². The smallest absolute Gasteiger partial charge is 0.237 e. The molecule has 3 N–H and O–H groups in total. The minimum absolute atomic E-state index is 0.0774. The minimum Gasteiger partial charge on any atom is -0.373 e. The van der Waals surface area contributed by atoms with Crippen molar-refractivity contribution < 1.29 is 4.79 Å². The molecule has 100 valence electrons. The van der Waals surface area contributed by atoms with Crippen LogP contribution in [0.4, 0.5) is 5.69 Å². The lowest BCUT2D eigenvalue weighted by Gasteiger charge is -2.21. The number of benzene rings is 1. The molecule has 18 heavy (non-hydrogen) atoms. The van der Waals surface area contributed by atoms with Crippen LogP contribution in [0.15, 0.2) is 30.3 Å². The summed E-state index contributed by atoms with van der Waals surface area (Å²) in [6.07, 6.45) is 0. The van der Waals surface area contributed by atoms with Gasteiger partial charge in [-0.15, -0.1) is 0 Å². The normalized spacial score (nSPS) is 12.3. The van der Waals surface area contributed by atoms with Crippen LogP contribution >= 0.6 is 0 Å². The van der Waals surface area contributed by atoms with Crippen LogP contribution in [0.2, 0.25) is 0 Å².